The summed E-state index contributed by atoms with van der Waals surface area (Å²) in [4.78, 5) is 2.47. The molecular weight excluding hydrogens is 318 g/mol. The Balaban J connectivity index is 2.10. The van der Waals surface area contributed by atoms with E-state index in [1.807, 2.05) is 0 Å². The van der Waals surface area contributed by atoms with Gasteiger partial charge in [0, 0.05) is 13.1 Å². The Hall–Kier alpha value is -0.200. The summed E-state index contributed by atoms with van der Waals surface area (Å²) < 4.78 is 22.3. The monoisotopic (exact) mass is 359 g/mol. The van der Waals surface area contributed by atoms with Gasteiger partial charge in [0.25, 0.3) is 0 Å². The van der Waals surface area contributed by atoms with Crippen molar-refractivity contribution in [2.24, 2.45) is 0 Å². The van der Waals surface area contributed by atoms with Crippen molar-refractivity contribution in [2.45, 2.75) is 58.3 Å². The van der Waals surface area contributed by atoms with Gasteiger partial charge in [0.1, 0.15) is 0 Å². The SMILES string of the molecule is CCCCCCCCCCN1CCOCCOCCOCCOCC1. The molecule has 25 heavy (non-hydrogen) atoms. The lowest BCUT2D eigenvalue weighted by molar-refractivity contribution is 0.00206. The molecule has 0 unspecified atom stereocenters. The molecule has 1 aliphatic heterocycles. The number of hydrogen-bond acceptors (Lipinski definition) is 5. The summed E-state index contributed by atoms with van der Waals surface area (Å²) in [6.07, 6.45) is 10.9. The average molecular weight is 360 g/mol. The van der Waals surface area contributed by atoms with Gasteiger partial charge in [-0.2, -0.15) is 0 Å². The maximum absolute atomic E-state index is 5.67. The van der Waals surface area contributed by atoms with Crippen LogP contribution in [0.3, 0.4) is 0 Å². The third-order valence-corrected chi connectivity index (χ3v) is 4.55. The molecule has 1 saturated heterocycles. The average Bonchev–Trinajstić information content (AvgIpc) is 2.63. The molecule has 0 atom stereocenters. The third kappa shape index (κ3) is 15.7. The fraction of sp³-hybridized carbons (Fsp3) is 1.00. The predicted molar refractivity (Wildman–Crippen MR) is 102 cm³/mol. The van der Waals surface area contributed by atoms with Gasteiger partial charge in [0.2, 0.25) is 0 Å². The number of unbranched alkanes of at least 4 members (excludes halogenated alkanes) is 7. The number of nitrogens with zero attached hydrogens (tertiary/aromatic N) is 1. The highest BCUT2D eigenvalue weighted by Gasteiger charge is 2.05. The Labute approximate surface area is 155 Å². The topological polar surface area (TPSA) is 40.2 Å². The summed E-state index contributed by atoms with van der Waals surface area (Å²) in [6, 6.07) is 0. The normalized spacial score (nSPS) is 20.0. The molecule has 150 valence electrons. The molecule has 1 heterocycles. The minimum Gasteiger partial charge on any atom is -0.378 e. The first-order chi connectivity index (χ1) is 12.4. The van der Waals surface area contributed by atoms with E-state index >= 15 is 0 Å². The number of hydrogen-bond donors (Lipinski definition) is 0. The summed E-state index contributed by atoms with van der Waals surface area (Å²) in [6.45, 7) is 10.8. The van der Waals surface area contributed by atoms with Gasteiger partial charge >= 0.3 is 0 Å². The van der Waals surface area contributed by atoms with E-state index in [0.717, 1.165) is 32.8 Å². The van der Waals surface area contributed by atoms with E-state index in [2.05, 4.69) is 11.8 Å². The summed E-state index contributed by atoms with van der Waals surface area (Å²) >= 11 is 0. The molecule has 0 radical (unpaired) electrons. The molecular formula is C20H41NO4. The largest absolute Gasteiger partial charge is 0.378 e. The second-order valence-corrected chi connectivity index (χ2v) is 6.77. The maximum Gasteiger partial charge on any atom is 0.0701 e. The van der Waals surface area contributed by atoms with Crippen LogP contribution in [0.15, 0.2) is 0 Å². The Kier molecular flexibility index (Phi) is 17.0. The van der Waals surface area contributed by atoms with E-state index in [1.54, 1.807) is 0 Å². The third-order valence-electron chi connectivity index (χ3n) is 4.55. The van der Waals surface area contributed by atoms with Crippen molar-refractivity contribution in [3.63, 3.8) is 0 Å². The zero-order valence-corrected chi connectivity index (χ0v) is 16.5. The van der Waals surface area contributed by atoms with E-state index < -0.39 is 0 Å². The maximum atomic E-state index is 5.67. The molecule has 0 aliphatic carbocycles. The molecule has 1 fully saturated rings. The van der Waals surface area contributed by atoms with Gasteiger partial charge in [-0.25, -0.2) is 0 Å². The lowest BCUT2D eigenvalue weighted by Crippen LogP contribution is -2.32. The van der Waals surface area contributed by atoms with E-state index in [1.165, 1.54) is 51.4 Å². The van der Waals surface area contributed by atoms with Gasteiger partial charge in [-0.05, 0) is 13.0 Å². The summed E-state index contributed by atoms with van der Waals surface area (Å²) in [5.74, 6) is 0. The number of ether oxygens (including phenoxy) is 4. The second-order valence-electron chi connectivity index (χ2n) is 6.77. The minimum absolute atomic E-state index is 0.633. The van der Waals surface area contributed by atoms with Gasteiger partial charge in [-0.15, -0.1) is 0 Å². The van der Waals surface area contributed by atoms with E-state index in [9.17, 15) is 0 Å². The van der Waals surface area contributed by atoms with Crippen LogP contribution in [0.1, 0.15) is 58.3 Å². The molecule has 0 amide bonds. The van der Waals surface area contributed by atoms with Crippen LogP contribution in [0.4, 0.5) is 0 Å². The minimum atomic E-state index is 0.633. The Morgan fingerprint density at radius 1 is 0.520 bits per heavy atom. The first-order valence-corrected chi connectivity index (χ1v) is 10.5. The molecule has 0 aromatic rings. The first-order valence-electron chi connectivity index (χ1n) is 10.5. The van der Waals surface area contributed by atoms with Crippen molar-refractivity contribution in [1.29, 1.82) is 0 Å². The van der Waals surface area contributed by atoms with Crippen LogP contribution >= 0.6 is 0 Å². The lowest BCUT2D eigenvalue weighted by Gasteiger charge is -2.22. The summed E-state index contributed by atoms with van der Waals surface area (Å²) in [5.41, 5.74) is 0. The molecule has 0 saturated carbocycles. The molecule has 0 bridgehead atoms. The highest BCUT2D eigenvalue weighted by atomic mass is 16.6. The van der Waals surface area contributed by atoms with Crippen LogP contribution in [0.25, 0.3) is 0 Å². The smallest absolute Gasteiger partial charge is 0.0701 e. The fourth-order valence-corrected chi connectivity index (χ4v) is 2.95. The Morgan fingerprint density at radius 2 is 0.920 bits per heavy atom. The summed E-state index contributed by atoms with van der Waals surface area (Å²) in [5, 5.41) is 0. The Bertz CT molecular complexity index is 250. The molecule has 5 nitrogen and oxygen atoms in total. The molecule has 0 aromatic heterocycles. The van der Waals surface area contributed by atoms with Crippen LogP contribution in [0.5, 0.6) is 0 Å². The van der Waals surface area contributed by atoms with Crippen LogP contribution in [0, 0.1) is 0 Å². The zero-order chi connectivity index (χ0) is 17.8. The highest BCUT2D eigenvalue weighted by molar-refractivity contribution is 4.58. The predicted octanol–water partition coefficient (Wildman–Crippen LogP) is 3.51. The molecule has 0 spiro atoms. The van der Waals surface area contributed by atoms with Crippen molar-refractivity contribution in [2.75, 3.05) is 72.5 Å². The quantitative estimate of drug-likeness (QED) is 0.589. The van der Waals surface area contributed by atoms with E-state index in [-0.39, 0.29) is 0 Å². The molecule has 1 aliphatic rings. The van der Waals surface area contributed by atoms with E-state index in [0.29, 0.717) is 39.6 Å². The Morgan fingerprint density at radius 3 is 1.40 bits per heavy atom. The molecule has 1 rings (SSSR count). The number of rotatable bonds is 9. The van der Waals surface area contributed by atoms with Gasteiger partial charge in [-0.3, -0.25) is 4.90 Å². The van der Waals surface area contributed by atoms with Crippen molar-refractivity contribution >= 4 is 0 Å². The summed E-state index contributed by atoms with van der Waals surface area (Å²) in [7, 11) is 0. The van der Waals surface area contributed by atoms with Crippen molar-refractivity contribution < 1.29 is 18.9 Å². The van der Waals surface area contributed by atoms with Gasteiger partial charge < -0.3 is 18.9 Å². The molecule has 5 heteroatoms. The van der Waals surface area contributed by atoms with Crippen LogP contribution in [0.2, 0.25) is 0 Å². The van der Waals surface area contributed by atoms with Gasteiger partial charge in [-0.1, -0.05) is 51.9 Å². The van der Waals surface area contributed by atoms with Crippen molar-refractivity contribution in [3.8, 4) is 0 Å². The van der Waals surface area contributed by atoms with Gasteiger partial charge in [0.05, 0.1) is 52.9 Å². The standard InChI is InChI=1S/C20H41NO4/c1-2-3-4-5-6-7-8-9-10-21-11-13-22-15-17-24-19-20-25-18-16-23-14-12-21/h2-20H2,1H3. The van der Waals surface area contributed by atoms with Crippen molar-refractivity contribution in [3.05, 3.63) is 0 Å². The zero-order valence-electron chi connectivity index (χ0n) is 16.5. The van der Waals surface area contributed by atoms with Crippen LogP contribution in [-0.2, 0) is 18.9 Å². The van der Waals surface area contributed by atoms with E-state index in [4.69, 9.17) is 18.9 Å². The fourth-order valence-electron chi connectivity index (χ4n) is 2.95. The lowest BCUT2D eigenvalue weighted by atomic mass is 10.1. The molecule has 0 N–H and O–H groups in total. The molecule has 0 aromatic carbocycles. The van der Waals surface area contributed by atoms with Crippen molar-refractivity contribution in [1.82, 2.24) is 4.90 Å². The van der Waals surface area contributed by atoms with Gasteiger partial charge in [0.15, 0.2) is 0 Å². The second kappa shape index (κ2) is 18.6. The highest BCUT2D eigenvalue weighted by Crippen LogP contribution is 2.09. The first kappa shape index (κ1) is 22.8. The van der Waals surface area contributed by atoms with Crippen LogP contribution < -0.4 is 0 Å². The van der Waals surface area contributed by atoms with Crippen LogP contribution in [-0.4, -0.2) is 77.4 Å².